The number of nitrogens with one attached hydrogen (secondary N) is 1. The molecule has 2 aliphatic rings. The van der Waals surface area contributed by atoms with Crippen LogP contribution in [-0.4, -0.2) is 12.6 Å². The molecule has 0 amide bonds. The van der Waals surface area contributed by atoms with Crippen LogP contribution >= 0.6 is 0 Å². The summed E-state index contributed by atoms with van der Waals surface area (Å²) in [5, 5.41) is 3.51. The van der Waals surface area contributed by atoms with Crippen LogP contribution in [0.4, 0.5) is 4.39 Å². The average Bonchev–Trinajstić information content (AvgIpc) is 2.48. The van der Waals surface area contributed by atoms with Gasteiger partial charge in [-0.2, -0.15) is 0 Å². The Kier molecular flexibility index (Phi) is 2.06. The quantitative estimate of drug-likeness (QED) is 0.782. The Hall–Kier alpha value is -0.890. The Labute approximate surface area is 89.7 Å². The standard InChI is InChI=1S/C13H16FN/c1-2-15-13-7-11-10-4-3-9(14)5-8(10)6-12(11)13/h3-5,11-13,15H,2,6-7H2,1H3. The molecule has 1 saturated carbocycles. The van der Waals surface area contributed by atoms with Crippen LogP contribution in [-0.2, 0) is 6.42 Å². The van der Waals surface area contributed by atoms with Crippen LogP contribution in [0.1, 0.15) is 30.4 Å². The van der Waals surface area contributed by atoms with E-state index in [0.717, 1.165) is 18.9 Å². The summed E-state index contributed by atoms with van der Waals surface area (Å²) >= 11 is 0. The predicted molar refractivity (Wildman–Crippen MR) is 58.4 cm³/mol. The van der Waals surface area contributed by atoms with Gasteiger partial charge in [0.15, 0.2) is 0 Å². The van der Waals surface area contributed by atoms with Crippen molar-refractivity contribution in [1.29, 1.82) is 0 Å². The molecule has 2 aliphatic carbocycles. The van der Waals surface area contributed by atoms with Crippen molar-refractivity contribution in [3.8, 4) is 0 Å². The van der Waals surface area contributed by atoms with E-state index in [-0.39, 0.29) is 5.82 Å². The number of hydrogen-bond donors (Lipinski definition) is 1. The molecule has 0 bridgehead atoms. The van der Waals surface area contributed by atoms with Crippen molar-refractivity contribution in [3.05, 3.63) is 35.1 Å². The fourth-order valence-corrected chi connectivity index (χ4v) is 3.21. The molecule has 15 heavy (non-hydrogen) atoms. The highest BCUT2D eigenvalue weighted by Crippen LogP contribution is 2.51. The maximum atomic E-state index is 13.1. The molecule has 3 rings (SSSR count). The monoisotopic (exact) mass is 205 g/mol. The van der Waals surface area contributed by atoms with Crippen molar-refractivity contribution in [2.75, 3.05) is 6.54 Å². The van der Waals surface area contributed by atoms with Crippen LogP contribution in [0.25, 0.3) is 0 Å². The Bertz CT molecular complexity index is 388. The van der Waals surface area contributed by atoms with Gasteiger partial charge in [0, 0.05) is 6.04 Å². The lowest BCUT2D eigenvalue weighted by molar-refractivity contribution is 0.186. The van der Waals surface area contributed by atoms with Gasteiger partial charge in [0.05, 0.1) is 0 Å². The van der Waals surface area contributed by atoms with Crippen LogP contribution in [0.2, 0.25) is 0 Å². The fraction of sp³-hybridized carbons (Fsp3) is 0.538. The van der Waals surface area contributed by atoms with Crippen molar-refractivity contribution in [3.63, 3.8) is 0 Å². The Balaban J connectivity index is 1.84. The minimum atomic E-state index is -0.0879. The van der Waals surface area contributed by atoms with Crippen LogP contribution in [0.15, 0.2) is 18.2 Å². The Morgan fingerprint density at radius 3 is 3.13 bits per heavy atom. The summed E-state index contributed by atoms with van der Waals surface area (Å²) in [6, 6.07) is 5.96. The first-order chi connectivity index (χ1) is 7.29. The van der Waals surface area contributed by atoms with Crippen LogP contribution in [0.3, 0.4) is 0 Å². The van der Waals surface area contributed by atoms with Gasteiger partial charge in [-0.3, -0.25) is 0 Å². The zero-order chi connectivity index (χ0) is 10.4. The third-order valence-electron chi connectivity index (χ3n) is 3.97. The van der Waals surface area contributed by atoms with E-state index in [1.54, 1.807) is 12.1 Å². The molecule has 1 nitrogen and oxygen atoms in total. The zero-order valence-electron chi connectivity index (χ0n) is 8.96. The zero-order valence-corrected chi connectivity index (χ0v) is 8.96. The smallest absolute Gasteiger partial charge is 0.123 e. The summed E-state index contributed by atoms with van der Waals surface area (Å²) in [5.41, 5.74) is 2.64. The number of fused-ring (bicyclic) bond motifs is 3. The highest BCUT2D eigenvalue weighted by molar-refractivity contribution is 5.40. The van der Waals surface area contributed by atoms with Crippen molar-refractivity contribution in [1.82, 2.24) is 5.32 Å². The van der Waals surface area contributed by atoms with E-state index in [4.69, 9.17) is 0 Å². The van der Waals surface area contributed by atoms with E-state index in [1.165, 1.54) is 17.5 Å². The first kappa shape index (κ1) is 9.34. The minimum Gasteiger partial charge on any atom is -0.314 e. The lowest BCUT2D eigenvalue weighted by atomic mass is 9.70. The molecule has 2 heteroatoms. The van der Waals surface area contributed by atoms with Gasteiger partial charge < -0.3 is 5.32 Å². The molecule has 3 atom stereocenters. The van der Waals surface area contributed by atoms with Gasteiger partial charge in [0.1, 0.15) is 5.82 Å². The number of rotatable bonds is 2. The summed E-state index contributed by atoms with van der Waals surface area (Å²) in [6.07, 6.45) is 2.30. The van der Waals surface area contributed by atoms with Gasteiger partial charge in [-0.05, 0) is 54.5 Å². The SMILES string of the molecule is CCNC1CC2c3ccc(F)cc3CC12. The predicted octanol–water partition coefficient (Wildman–Crippen LogP) is 2.46. The lowest BCUT2D eigenvalue weighted by Gasteiger charge is -2.41. The second-order valence-electron chi connectivity index (χ2n) is 4.72. The summed E-state index contributed by atoms with van der Waals surface area (Å²) in [5.74, 6) is 1.33. The highest BCUT2D eigenvalue weighted by atomic mass is 19.1. The first-order valence-electron chi connectivity index (χ1n) is 5.81. The molecule has 0 saturated heterocycles. The van der Waals surface area contributed by atoms with E-state index < -0.39 is 0 Å². The van der Waals surface area contributed by atoms with Gasteiger partial charge in [-0.25, -0.2) is 4.39 Å². The summed E-state index contributed by atoms with van der Waals surface area (Å²) in [6.45, 7) is 3.19. The molecule has 0 aliphatic heterocycles. The molecule has 1 N–H and O–H groups in total. The highest BCUT2D eigenvalue weighted by Gasteiger charge is 2.46. The van der Waals surface area contributed by atoms with Crippen LogP contribution < -0.4 is 5.32 Å². The maximum absolute atomic E-state index is 13.1. The van der Waals surface area contributed by atoms with Gasteiger partial charge in [-0.15, -0.1) is 0 Å². The lowest BCUT2D eigenvalue weighted by Crippen LogP contribution is -2.47. The molecule has 0 radical (unpaired) electrons. The number of benzene rings is 1. The molecule has 80 valence electrons. The van der Waals surface area contributed by atoms with E-state index in [9.17, 15) is 4.39 Å². The van der Waals surface area contributed by atoms with E-state index >= 15 is 0 Å². The Morgan fingerprint density at radius 2 is 2.33 bits per heavy atom. The molecule has 0 spiro atoms. The minimum absolute atomic E-state index is 0.0879. The molecule has 0 aromatic heterocycles. The van der Waals surface area contributed by atoms with Crippen molar-refractivity contribution in [2.24, 2.45) is 5.92 Å². The summed E-state index contributed by atoms with van der Waals surface area (Å²) in [4.78, 5) is 0. The molecule has 1 aromatic rings. The second-order valence-corrected chi connectivity index (χ2v) is 4.72. The topological polar surface area (TPSA) is 12.0 Å². The summed E-state index contributed by atoms with van der Waals surface area (Å²) in [7, 11) is 0. The van der Waals surface area contributed by atoms with Gasteiger partial charge in [0.25, 0.3) is 0 Å². The Morgan fingerprint density at radius 1 is 1.47 bits per heavy atom. The van der Waals surface area contributed by atoms with E-state index in [0.29, 0.717) is 12.0 Å². The van der Waals surface area contributed by atoms with Gasteiger partial charge in [0.2, 0.25) is 0 Å². The molecule has 3 unspecified atom stereocenters. The maximum Gasteiger partial charge on any atom is 0.123 e. The summed E-state index contributed by atoms with van der Waals surface area (Å²) < 4.78 is 13.1. The molecule has 0 heterocycles. The average molecular weight is 205 g/mol. The second kappa shape index (κ2) is 3.31. The molecule has 1 fully saturated rings. The van der Waals surface area contributed by atoms with Gasteiger partial charge in [-0.1, -0.05) is 13.0 Å². The normalized spacial score (nSPS) is 32.0. The molecular formula is C13H16FN. The first-order valence-corrected chi connectivity index (χ1v) is 5.81. The van der Waals surface area contributed by atoms with Crippen molar-refractivity contribution in [2.45, 2.75) is 31.7 Å². The molecular weight excluding hydrogens is 189 g/mol. The largest absolute Gasteiger partial charge is 0.314 e. The third-order valence-corrected chi connectivity index (χ3v) is 3.97. The van der Waals surface area contributed by atoms with E-state index in [1.807, 2.05) is 6.07 Å². The van der Waals surface area contributed by atoms with E-state index in [2.05, 4.69) is 12.2 Å². The van der Waals surface area contributed by atoms with Crippen molar-refractivity contribution >= 4 is 0 Å². The van der Waals surface area contributed by atoms with Crippen molar-refractivity contribution < 1.29 is 4.39 Å². The third kappa shape index (κ3) is 1.31. The van der Waals surface area contributed by atoms with Crippen LogP contribution in [0, 0.1) is 11.7 Å². The molecule has 1 aromatic carbocycles. The number of halogens is 1. The number of hydrogen-bond acceptors (Lipinski definition) is 1. The fourth-order valence-electron chi connectivity index (χ4n) is 3.21. The van der Waals surface area contributed by atoms with Crippen LogP contribution in [0.5, 0.6) is 0 Å². The van der Waals surface area contributed by atoms with Gasteiger partial charge >= 0.3 is 0 Å².